The van der Waals surface area contributed by atoms with E-state index in [0.29, 0.717) is 12.1 Å². The molecule has 14 heteroatoms. The largest absolute Gasteiger partial charge is 0.424 e. The second kappa shape index (κ2) is 6.64. The first-order chi connectivity index (χ1) is 12.6. The molecule has 1 aromatic carbocycles. The monoisotopic (exact) mass is 418 g/mol. The Morgan fingerprint density at radius 3 is 2.18 bits per heavy atom. The Hall–Kier alpha value is -2.85. The third kappa shape index (κ3) is 3.87. The van der Waals surface area contributed by atoms with Crippen molar-refractivity contribution in [2.24, 2.45) is 10.2 Å². The predicted octanol–water partition coefficient (Wildman–Crippen LogP) is 5.28. The lowest BCUT2D eigenvalue weighted by Crippen LogP contribution is -2.53. The number of nitrogens with zero attached hydrogens (tertiary/aromatic N) is 3. The molecule has 0 aromatic heterocycles. The molecular formula is C14H7F9N4O. The molecule has 0 radical (unpaired) electrons. The fourth-order valence-electron chi connectivity index (χ4n) is 2.32. The van der Waals surface area contributed by atoms with Crippen molar-refractivity contribution in [1.29, 1.82) is 0 Å². The van der Waals surface area contributed by atoms with Crippen LogP contribution >= 0.6 is 0 Å². The molecule has 0 fully saturated rings. The number of azo groups is 1. The summed E-state index contributed by atoms with van der Waals surface area (Å²) in [6, 6.07) is -1.39. The van der Waals surface area contributed by atoms with Crippen molar-refractivity contribution in [3.05, 3.63) is 35.2 Å². The number of hydrogen-bond donors (Lipinski definition) is 1. The first kappa shape index (κ1) is 21.5. The SMILES string of the molecule is [C-]#[N+]c1ccc(NC(=O)C2(C(F)(F)F)CC(C(F)(F)F)N=N2)cc1C(F)(F)F. The first-order valence-electron chi connectivity index (χ1n) is 7.07. The molecule has 1 N–H and O–H groups in total. The van der Waals surface area contributed by atoms with Crippen LogP contribution in [0, 0.1) is 6.57 Å². The normalized spacial score (nSPS) is 22.8. The fourth-order valence-corrected chi connectivity index (χ4v) is 2.32. The number of anilines is 1. The van der Waals surface area contributed by atoms with Gasteiger partial charge >= 0.3 is 18.5 Å². The summed E-state index contributed by atoms with van der Waals surface area (Å²) >= 11 is 0. The van der Waals surface area contributed by atoms with E-state index in [9.17, 15) is 44.3 Å². The van der Waals surface area contributed by atoms with E-state index in [4.69, 9.17) is 6.57 Å². The molecule has 1 heterocycles. The lowest BCUT2D eigenvalue weighted by Gasteiger charge is -2.27. The number of benzene rings is 1. The summed E-state index contributed by atoms with van der Waals surface area (Å²) in [5.74, 6) is -2.13. The van der Waals surface area contributed by atoms with Gasteiger partial charge in [-0.25, -0.2) is 4.85 Å². The Morgan fingerprint density at radius 1 is 1.14 bits per heavy atom. The number of rotatable bonds is 2. The average molecular weight is 418 g/mol. The van der Waals surface area contributed by atoms with Crippen LogP contribution in [0.3, 0.4) is 0 Å². The molecule has 2 unspecified atom stereocenters. The van der Waals surface area contributed by atoms with Gasteiger partial charge in [0.15, 0.2) is 11.7 Å². The van der Waals surface area contributed by atoms with Gasteiger partial charge in [0.05, 0.1) is 12.1 Å². The molecule has 1 aliphatic heterocycles. The van der Waals surface area contributed by atoms with Gasteiger partial charge in [0.25, 0.3) is 11.4 Å². The van der Waals surface area contributed by atoms with Crippen molar-refractivity contribution in [3.63, 3.8) is 0 Å². The van der Waals surface area contributed by atoms with Crippen molar-refractivity contribution >= 4 is 17.3 Å². The van der Waals surface area contributed by atoms with Crippen molar-refractivity contribution < 1.29 is 44.3 Å². The minimum atomic E-state index is -5.59. The van der Waals surface area contributed by atoms with Gasteiger partial charge in [0.2, 0.25) is 0 Å². The molecule has 0 saturated carbocycles. The number of hydrogen-bond acceptors (Lipinski definition) is 3. The van der Waals surface area contributed by atoms with Crippen LogP contribution in [0.25, 0.3) is 4.85 Å². The van der Waals surface area contributed by atoms with Crippen LogP contribution in [-0.4, -0.2) is 29.8 Å². The van der Waals surface area contributed by atoms with Gasteiger partial charge in [-0.15, -0.1) is 0 Å². The van der Waals surface area contributed by atoms with Gasteiger partial charge in [0, 0.05) is 12.1 Å². The summed E-state index contributed by atoms with van der Waals surface area (Å²) in [7, 11) is 0. The maximum absolute atomic E-state index is 13.3. The number of halogens is 9. The Bertz CT molecular complexity index is 850. The second-order valence-corrected chi connectivity index (χ2v) is 5.63. The Balaban J connectivity index is 2.40. The van der Waals surface area contributed by atoms with Gasteiger partial charge in [-0.3, -0.25) is 4.79 Å². The smallest absolute Gasteiger partial charge is 0.324 e. The van der Waals surface area contributed by atoms with E-state index in [1.54, 1.807) is 0 Å². The van der Waals surface area contributed by atoms with Gasteiger partial charge in [-0.2, -0.15) is 49.7 Å². The van der Waals surface area contributed by atoms with Gasteiger partial charge in [0.1, 0.15) is 0 Å². The quantitative estimate of drug-likeness (QED) is 0.516. The zero-order valence-corrected chi connectivity index (χ0v) is 13.2. The predicted molar refractivity (Wildman–Crippen MR) is 74.4 cm³/mol. The van der Waals surface area contributed by atoms with E-state index < -0.39 is 59.4 Å². The number of carbonyl (C=O) groups is 1. The number of amides is 1. The first-order valence-corrected chi connectivity index (χ1v) is 7.07. The van der Waals surface area contributed by atoms with E-state index in [2.05, 4.69) is 15.1 Å². The molecule has 2 atom stereocenters. The average Bonchev–Trinajstić information content (AvgIpc) is 3.00. The van der Waals surface area contributed by atoms with Crippen molar-refractivity contribution in [2.45, 2.75) is 36.5 Å². The fraction of sp³-hybridized carbons (Fsp3) is 0.429. The molecule has 0 saturated heterocycles. The highest BCUT2D eigenvalue weighted by molar-refractivity contribution is 5.99. The second-order valence-electron chi connectivity index (χ2n) is 5.63. The van der Waals surface area contributed by atoms with Gasteiger partial charge in [-0.05, 0) is 12.1 Å². The molecule has 1 aromatic rings. The van der Waals surface area contributed by atoms with Gasteiger partial charge in [-0.1, -0.05) is 6.07 Å². The summed E-state index contributed by atoms with van der Waals surface area (Å²) in [6.45, 7) is 6.66. The molecule has 1 aliphatic rings. The highest BCUT2D eigenvalue weighted by Gasteiger charge is 2.67. The van der Waals surface area contributed by atoms with Crippen LogP contribution in [-0.2, 0) is 11.0 Å². The van der Waals surface area contributed by atoms with E-state index in [0.717, 1.165) is 0 Å². The standard InChI is InChI=1S/C14H7F9N4O/c1-24-8-3-2-6(4-7(8)12(15,16)17)25-10(28)11(14(21,22)23)5-9(26-27-11)13(18,19)20/h2-4,9H,5H2,(H,25,28). The Kier molecular flexibility index (Phi) is 5.09. The summed E-state index contributed by atoms with van der Waals surface area (Å²) in [5.41, 5.74) is -7.14. The zero-order chi connectivity index (χ0) is 21.5. The lowest BCUT2D eigenvalue weighted by atomic mass is 9.91. The molecule has 0 bridgehead atoms. The third-order valence-corrected chi connectivity index (χ3v) is 3.76. The highest BCUT2D eigenvalue weighted by Crippen LogP contribution is 2.46. The van der Waals surface area contributed by atoms with Crippen LogP contribution in [0.2, 0.25) is 0 Å². The minimum Gasteiger partial charge on any atom is -0.324 e. The molecule has 0 spiro atoms. The molecule has 0 aliphatic carbocycles. The van der Waals surface area contributed by atoms with Crippen LogP contribution < -0.4 is 5.32 Å². The van der Waals surface area contributed by atoms with Crippen molar-refractivity contribution in [1.82, 2.24) is 0 Å². The van der Waals surface area contributed by atoms with E-state index >= 15 is 0 Å². The van der Waals surface area contributed by atoms with Crippen molar-refractivity contribution in [3.8, 4) is 0 Å². The lowest BCUT2D eigenvalue weighted by molar-refractivity contribution is -0.194. The van der Waals surface area contributed by atoms with E-state index in [-0.39, 0.29) is 6.07 Å². The van der Waals surface area contributed by atoms with Crippen molar-refractivity contribution in [2.75, 3.05) is 5.32 Å². The number of nitrogens with one attached hydrogen (secondary N) is 1. The number of carbonyl (C=O) groups excluding carboxylic acids is 1. The molecule has 5 nitrogen and oxygen atoms in total. The Morgan fingerprint density at radius 2 is 1.75 bits per heavy atom. The maximum atomic E-state index is 13.3. The van der Waals surface area contributed by atoms with Crippen LogP contribution in [0.5, 0.6) is 0 Å². The summed E-state index contributed by atoms with van der Waals surface area (Å²) in [4.78, 5) is 14.7. The highest BCUT2D eigenvalue weighted by atomic mass is 19.4. The third-order valence-electron chi connectivity index (χ3n) is 3.76. The van der Waals surface area contributed by atoms with E-state index in [1.807, 2.05) is 0 Å². The van der Waals surface area contributed by atoms with Crippen LogP contribution in [0.15, 0.2) is 28.4 Å². The minimum absolute atomic E-state index is 0.197. The number of alkyl halides is 9. The van der Waals surface area contributed by atoms with Crippen LogP contribution in [0.1, 0.15) is 12.0 Å². The maximum Gasteiger partial charge on any atom is 0.424 e. The summed E-state index contributed by atoms with van der Waals surface area (Å²) in [5, 5.41) is 6.44. The zero-order valence-electron chi connectivity index (χ0n) is 13.2. The summed E-state index contributed by atoms with van der Waals surface area (Å²) in [6.07, 6.45) is -17.7. The molecular weight excluding hydrogens is 411 g/mol. The van der Waals surface area contributed by atoms with E-state index in [1.165, 1.54) is 5.32 Å². The Labute approximate surface area is 150 Å². The van der Waals surface area contributed by atoms with Crippen LogP contribution in [0.4, 0.5) is 50.9 Å². The molecule has 28 heavy (non-hydrogen) atoms. The molecule has 1 amide bonds. The molecule has 2 rings (SSSR count). The topological polar surface area (TPSA) is 58.2 Å². The summed E-state index contributed by atoms with van der Waals surface area (Å²) < 4.78 is 117. The van der Waals surface area contributed by atoms with Gasteiger partial charge < -0.3 is 5.32 Å². The molecule has 152 valence electrons.